The lowest BCUT2D eigenvalue weighted by Crippen LogP contribution is -2.43. The number of halogens is 2. The van der Waals surface area contributed by atoms with Gasteiger partial charge in [-0.2, -0.15) is 0 Å². The minimum Gasteiger partial charge on any atom is -0.490 e. The van der Waals surface area contributed by atoms with Gasteiger partial charge >= 0.3 is 5.97 Å². The van der Waals surface area contributed by atoms with Crippen LogP contribution in [0, 0.1) is 12.7 Å². The summed E-state index contributed by atoms with van der Waals surface area (Å²) in [4.78, 5) is 37.2. The zero-order valence-electron chi connectivity index (χ0n) is 22.3. The summed E-state index contributed by atoms with van der Waals surface area (Å²) in [5, 5.41) is 11.8. The van der Waals surface area contributed by atoms with Gasteiger partial charge in [0.1, 0.15) is 34.1 Å². The third-order valence-corrected chi connectivity index (χ3v) is 7.26. The first-order valence-corrected chi connectivity index (χ1v) is 13.1. The van der Waals surface area contributed by atoms with E-state index >= 15 is 4.39 Å². The van der Waals surface area contributed by atoms with E-state index < -0.39 is 29.2 Å². The molecule has 0 bridgehead atoms. The normalized spacial score (nSPS) is 14.8. The minimum absolute atomic E-state index is 0.00385. The largest absolute Gasteiger partial charge is 0.490 e. The molecule has 40 heavy (non-hydrogen) atoms. The number of hydrogen-bond donors (Lipinski definition) is 3. The van der Waals surface area contributed by atoms with Gasteiger partial charge in [0.2, 0.25) is 0 Å². The van der Waals surface area contributed by atoms with Crippen molar-refractivity contribution in [2.24, 2.45) is 0 Å². The summed E-state index contributed by atoms with van der Waals surface area (Å²) in [5.74, 6) is -1.57. The number of nitrogens with two attached hydrogens (primary N) is 1. The topological polar surface area (TPSA) is 145 Å². The molecule has 208 valence electrons. The quantitative estimate of drug-likeness (QED) is 0.277. The Morgan fingerprint density at radius 1 is 1.25 bits per heavy atom. The molecule has 0 radical (unpaired) electrons. The number of imidazole rings is 1. The Hall–Kier alpha value is -4.25. The lowest BCUT2D eigenvalue weighted by atomic mass is 9.93. The number of amides is 1. The highest BCUT2D eigenvalue weighted by molar-refractivity contribution is 6.31. The molecule has 4 N–H and O–H groups in total. The van der Waals surface area contributed by atoms with Gasteiger partial charge in [-0.1, -0.05) is 24.6 Å². The van der Waals surface area contributed by atoms with E-state index in [9.17, 15) is 14.7 Å². The van der Waals surface area contributed by atoms with E-state index in [4.69, 9.17) is 27.1 Å². The fraction of sp³-hybridized carbons (Fsp3) is 0.321. The van der Waals surface area contributed by atoms with Crippen LogP contribution in [0.1, 0.15) is 67.1 Å². The monoisotopic (exact) mass is 566 g/mol. The number of aromatic nitrogens is 4. The van der Waals surface area contributed by atoms with Crippen LogP contribution in [0.15, 0.2) is 36.8 Å². The number of ether oxygens (including phenoxy) is 1. The molecule has 12 heteroatoms. The molecule has 1 unspecified atom stereocenters. The highest BCUT2D eigenvalue weighted by atomic mass is 35.5. The number of carboxylic acid groups (broad SMARTS) is 1. The summed E-state index contributed by atoms with van der Waals surface area (Å²) >= 11 is 6.42. The van der Waals surface area contributed by atoms with E-state index in [1.165, 1.54) is 24.4 Å². The number of rotatable bonds is 8. The Bertz CT molecular complexity index is 1650. The molecular formula is C28H28ClFN6O4. The number of pyridine rings is 1. The number of aliphatic carboxylic acids is 1. The van der Waals surface area contributed by atoms with Crippen LogP contribution in [0.5, 0.6) is 5.75 Å². The molecule has 0 spiro atoms. The lowest BCUT2D eigenvalue weighted by molar-refractivity contribution is -0.140. The molecule has 0 aliphatic heterocycles. The molecule has 5 rings (SSSR count). The Balaban J connectivity index is 1.59. The number of anilines is 1. The number of nitrogens with one attached hydrogen (secondary N) is 1. The lowest BCUT2D eigenvalue weighted by Gasteiger charge is -2.23. The highest BCUT2D eigenvalue weighted by Gasteiger charge is 2.51. The van der Waals surface area contributed by atoms with Crippen molar-refractivity contribution in [2.45, 2.75) is 58.1 Å². The number of nitrogens with zero attached hydrogens (tertiary/aromatic N) is 4. The smallest absolute Gasteiger partial charge is 0.329 e. The molecular weight excluding hydrogens is 539 g/mol. The number of hydrogen-bond acceptors (Lipinski definition) is 7. The second-order valence-corrected chi connectivity index (χ2v) is 10.6. The Morgan fingerprint density at radius 3 is 2.58 bits per heavy atom. The number of fused-ring (bicyclic) bond motifs is 1. The number of carbonyl (C=O) groups is 2. The van der Waals surface area contributed by atoms with Crippen LogP contribution in [-0.4, -0.2) is 48.0 Å². The molecule has 1 aliphatic rings. The number of carboxylic acids is 1. The molecule has 0 saturated heterocycles. The Kier molecular flexibility index (Phi) is 6.87. The van der Waals surface area contributed by atoms with Gasteiger partial charge in [0.05, 0.1) is 22.4 Å². The van der Waals surface area contributed by atoms with E-state index in [-0.39, 0.29) is 28.1 Å². The van der Waals surface area contributed by atoms with Gasteiger partial charge < -0.3 is 20.9 Å². The van der Waals surface area contributed by atoms with Crippen LogP contribution >= 0.6 is 11.6 Å². The van der Waals surface area contributed by atoms with E-state index in [2.05, 4.69) is 15.3 Å². The highest BCUT2D eigenvalue weighted by Crippen LogP contribution is 2.44. The summed E-state index contributed by atoms with van der Waals surface area (Å²) < 4.78 is 23.7. The average Bonchev–Trinajstić information content (AvgIpc) is 3.61. The van der Waals surface area contributed by atoms with Crippen molar-refractivity contribution in [3.63, 3.8) is 0 Å². The number of aryl methyl sites for hydroxylation is 1. The van der Waals surface area contributed by atoms with Gasteiger partial charge in [0.15, 0.2) is 5.82 Å². The first kappa shape index (κ1) is 27.3. The minimum atomic E-state index is -1.25. The van der Waals surface area contributed by atoms with Gasteiger partial charge in [-0.25, -0.2) is 19.2 Å². The number of benzene rings is 1. The van der Waals surface area contributed by atoms with E-state index in [0.717, 1.165) is 0 Å². The van der Waals surface area contributed by atoms with Crippen LogP contribution in [0.4, 0.5) is 10.2 Å². The molecule has 1 atom stereocenters. The van der Waals surface area contributed by atoms with Crippen molar-refractivity contribution >= 4 is 34.8 Å². The molecule has 3 heterocycles. The van der Waals surface area contributed by atoms with Gasteiger partial charge in [-0.05, 0) is 45.7 Å². The van der Waals surface area contributed by atoms with Gasteiger partial charge in [-0.15, -0.1) is 0 Å². The second-order valence-electron chi connectivity index (χ2n) is 10.2. The van der Waals surface area contributed by atoms with Crippen LogP contribution < -0.4 is 15.8 Å². The fourth-order valence-electron chi connectivity index (χ4n) is 4.76. The molecule has 4 aromatic rings. The Labute approximate surface area is 234 Å². The van der Waals surface area contributed by atoms with Crippen molar-refractivity contribution in [1.82, 2.24) is 24.7 Å². The molecule has 1 saturated carbocycles. The van der Waals surface area contributed by atoms with Gasteiger partial charge in [0.25, 0.3) is 5.91 Å². The summed E-state index contributed by atoms with van der Waals surface area (Å²) in [6.07, 6.45) is 5.08. The first-order valence-electron chi connectivity index (χ1n) is 12.7. The van der Waals surface area contributed by atoms with Crippen molar-refractivity contribution in [1.29, 1.82) is 0 Å². The van der Waals surface area contributed by atoms with Crippen molar-refractivity contribution in [2.75, 3.05) is 5.73 Å². The maximum Gasteiger partial charge on any atom is 0.329 e. The van der Waals surface area contributed by atoms with E-state index in [1.54, 1.807) is 12.4 Å². The van der Waals surface area contributed by atoms with Crippen LogP contribution in [0.2, 0.25) is 5.02 Å². The summed E-state index contributed by atoms with van der Waals surface area (Å²) in [5.41, 5.74) is 7.24. The molecule has 1 fully saturated rings. The maximum absolute atomic E-state index is 15.7. The average molecular weight is 567 g/mol. The van der Waals surface area contributed by atoms with E-state index in [0.29, 0.717) is 46.8 Å². The zero-order valence-corrected chi connectivity index (χ0v) is 23.1. The molecule has 1 amide bonds. The fourth-order valence-corrected chi connectivity index (χ4v) is 4.97. The number of nitrogen functional groups attached to an aromatic ring is 1. The molecule has 3 aromatic heterocycles. The standard InChI is InChI=1S/C28H28ClFN6O4/c1-13(2)40-23-17(14(3)25-34-15(4)22-24(31)32-9-10-36(22)25)11-18(29)21(30)20(23)16-5-6-19(33-12-16)26(37)35-28(7-8-28)27(38)39/h5-6,9-14H,7-8H2,1-4H3,(H2,31,32)(H,35,37)(H,38,39). The van der Waals surface area contributed by atoms with Crippen LogP contribution in [0.25, 0.3) is 16.6 Å². The van der Waals surface area contributed by atoms with Gasteiger partial charge in [0, 0.05) is 35.6 Å². The van der Waals surface area contributed by atoms with Crippen molar-refractivity contribution in [3.8, 4) is 16.9 Å². The predicted molar refractivity (Wildman–Crippen MR) is 147 cm³/mol. The summed E-state index contributed by atoms with van der Waals surface area (Å²) in [6, 6.07) is 4.46. The van der Waals surface area contributed by atoms with Crippen LogP contribution in [-0.2, 0) is 4.79 Å². The van der Waals surface area contributed by atoms with Crippen molar-refractivity contribution < 1.29 is 23.8 Å². The predicted octanol–water partition coefficient (Wildman–Crippen LogP) is 4.76. The van der Waals surface area contributed by atoms with Crippen LogP contribution in [0.3, 0.4) is 0 Å². The Morgan fingerprint density at radius 2 is 1.98 bits per heavy atom. The molecule has 1 aromatic carbocycles. The third-order valence-electron chi connectivity index (χ3n) is 6.99. The number of carbonyl (C=O) groups excluding carboxylic acids is 1. The van der Waals surface area contributed by atoms with Gasteiger partial charge in [-0.3, -0.25) is 14.2 Å². The van der Waals surface area contributed by atoms with Crippen molar-refractivity contribution in [3.05, 3.63) is 70.4 Å². The summed E-state index contributed by atoms with van der Waals surface area (Å²) in [7, 11) is 0. The first-order chi connectivity index (χ1) is 18.9. The SMILES string of the molecule is Cc1nc(C(C)c2cc(Cl)c(F)c(-c3ccc(C(=O)NC4(C(=O)O)CC4)nc3)c2OC(C)C)n2ccnc(N)c12. The zero-order chi connectivity index (χ0) is 28.9. The molecule has 1 aliphatic carbocycles. The summed E-state index contributed by atoms with van der Waals surface area (Å²) in [6.45, 7) is 7.40. The molecule has 10 nitrogen and oxygen atoms in total. The maximum atomic E-state index is 15.7. The second kappa shape index (κ2) is 10.1. The van der Waals surface area contributed by atoms with E-state index in [1.807, 2.05) is 32.1 Å². The third kappa shape index (κ3) is 4.70.